The fourth-order valence-electron chi connectivity index (χ4n) is 4.77. The van der Waals surface area contributed by atoms with Crippen LogP contribution in [-0.4, -0.2) is 61.4 Å². The number of rotatable bonds is 8. The maximum atomic E-state index is 13.3. The number of hydrogen-bond donors (Lipinski definition) is 0. The maximum absolute atomic E-state index is 13.3. The third-order valence-electron chi connectivity index (χ3n) is 6.67. The Morgan fingerprint density at radius 2 is 1.52 bits per heavy atom. The number of nitrogens with zero attached hydrogens (tertiary/aromatic N) is 2. The van der Waals surface area contributed by atoms with Crippen LogP contribution in [-0.2, 0) is 27.4 Å². The summed E-state index contributed by atoms with van der Waals surface area (Å²) in [5, 5.41) is 0. The Hall–Kier alpha value is -2.77. The molecular formula is C26H33FN2O4. The number of amides is 1. The molecule has 0 saturated carbocycles. The fourth-order valence-corrected chi connectivity index (χ4v) is 4.77. The highest BCUT2D eigenvalue weighted by Crippen LogP contribution is 2.35. The smallest absolute Gasteiger partial charge is 0.249 e. The second-order valence-corrected chi connectivity index (χ2v) is 8.68. The first-order chi connectivity index (χ1) is 16.0. The van der Waals surface area contributed by atoms with Crippen LogP contribution in [0.25, 0.3) is 0 Å². The first-order valence-electron chi connectivity index (χ1n) is 11.3. The van der Waals surface area contributed by atoms with Gasteiger partial charge in [-0.3, -0.25) is 4.79 Å². The molecule has 0 aliphatic carbocycles. The molecular weight excluding hydrogens is 423 g/mol. The lowest BCUT2D eigenvalue weighted by molar-refractivity contribution is -0.141. The summed E-state index contributed by atoms with van der Waals surface area (Å²) >= 11 is 0. The zero-order valence-electron chi connectivity index (χ0n) is 19.4. The second kappa shape index (κ2) is 11.9. The van der Waals surface area contributed by atoms with Crippen LogP contribution in [0.1, 0.15) is 36.8 Å². The summed E-state index contributed by atoms with van der Waals surface area (Å²) in [4.78, 5) is 25.4. The molecule has 0 aromatic heterocycles. The van der Waals surface area contributed by atoms with E-state index in [1.54, 1.807) is 24.1 Å². The first kappa shape index (κ1) is 24.9. The summed E-state index contributed by atoms with van der Waals surface area (Å²) in [6, 6.07) is 15.1. The summed E-state index contributed by atoms with van der Waals surface area (Å²) in [7, 11) is 3.83. The van der Waals surface area contributed by atoms with Crippen molar-refractivity contribution in [1.82, 2.24) is 9.80 Å². The van der Waals surface area contributed by atoms with Crippen LogP contribution in [0.2, 0.25) is 0 Å². The monoisotopic (exact) mass is 456 g/mol. The standard InChI is InChI=1S/C25H31FN2O3.CH2O/c1-27-21-9-10-22(27)14-24(13-21)31-17-25(29)28(15-18-3-7-20(26)8-4-18)16-19-5-11-23(30-2)12-6-19;1-2/h3-8,11-12,21-22,24H,9-10,13-17H2,1-2H3;1H2. The number of piperidine rings is 1. The largest absolute Gasteiger partial charge is 0.497 e. The Balaban J connectivity index is 0.00000149. The van der Waals surface area contributed by atoms with Crippen LogP contribution in [0.5, 0.6) is 5.75 Å². The second-order valence-electron chi connectivity index (χ2n) is 8.68. The van der Waals surface area contributed by atoms with Gasteiger partial charge in [-0.15, -0.1) is 0 Å². The molecule has 2 aromatic rings. The van der Waals surface area contributed by atoms with E-state index in [4.69, 9.17) is 14.3 Å². The molecule has 2 atom stereocenters. The fraction of sp³-hybridized carbons (Fsp3) is 0.462. The summed E-state index contributed by atoms with van der Waals surface area (Å²) in [5.41, 5.74) is 1.90. The van der Waals surface area contributed by atoms with Gasteiger partial charge in [0.05, 0.1) is 13.2 Å². The molecule has 2 aromatic carbocycles. The Kier molecular flexibility index (Phi) is 8.97. The number of benzene rings is 2. The van der Waals surface area contributed by atoms with E-state index in [1.165, 1.54) is 25.0 Å². The van der Waals surface area contributed by atoms with Gasteiger partial charge >= 0.3 is 0 Å². The number of ether oxygens (including phenoxy) is 2. The van der Waals surface area contributed by atoms with E-state index >= 15 is 0 Å². The SMILES string of the molecule is C=O.COc1ccc(CN(Cc2ccc(F)cc2)C(=O)COC2CC3CCC(C2)N3C)cc1. The highest BCUT2D eigenvalue weighted by molar-refractivity contribution is 5.77. The van der Waals surface area contributed by atoms with Crippen LogP contribution in [0.4, 0.5) is 4.39 Å². The predicted molar refractivity (Wildman–Crippen MR) is 124 cm³/mol. The molecule has 2 aliphatic rings. The van der Waals surface area contributed by atoms with Crippen molar-refractivity contribution in [3.8, 4) is 5.75 Å². The molecule has 2 aliphatic heterocycles. The molecule has 2 fully saturated rings. The molecule has 33 heavy (non-hydrogen) atoms. The summed E-state index contributed by atoms with van der Waals surface area (Å²) in [5.74, 6) is 0.448. The normalized spacial score (nSPS) is 21.7. The van der Waals surface area contributed by atoms with Gasteiger partial charge in [-0.1, -0.05) is 24.3 Å². The molecule has 2 saturated heterocycles. The molecule has 2 heterocycles. The van der Waals surface area contributed by atoms with Crippen LogP contribution < -0.4 is 4.74 Å². The van der Waals surface area contributed by atoms with Crippen molar-refractivity contribution in [3.05, 3.63) is 65.5 Å². The topological polar surface area (TPSA) is 59.1 Å². The Bertz CT molecular complexity index is 876. The van der Waals surface area contributed by atoms with Crippen LogP contribution in [0, 0.1) is 5.82 Å². The van der Waals surface area contributed by atoms with Crippen LogP contribution >= 0.6 is 0 Å². The average Bonchev–Trinajstić information content (AvgIpc) is 3.05. The van der Waals surface area contributed by atoms with Crippen molar-refractivity contribution >= 4 is 12.7 Å². The number of methoxy groups -OCH3 is 1. The predicted octanol–water partition coefficient (Wildman–Crippen LogP) is 3.82. The molecule has 4 rings (SSSR count). The van der Waals surface area contributed by atoms with E-state index in [0.29, 0.717) is 25.2 Å². The van der Waals surface area contributed by atoms with E-state index in [1.807, 2.05) is 31.1 Å². The number of fused-ring (bicyclic) bond motifs is 2. The zero-order chi connectivity index (χ0) is 23.8. The summed E-state index contributed by atoms with van der Waals surface area (Å²) in [6.45, 7) is 2.94. The number of hydrogen-bond acceptors (Lipinski definition) is 5. The van der Waals surface area contributed by atoms with Gasteiger partial charge in [0.1, 0.15) is 25.0 Å². The Morgan fingerprint density at radius 3 is 2.03 bits per heavy atom. The Labute approximate surface area is 195 Å². The molecule has 178 valence electrons. The molecule has 7 heteroatoms. The number of halogens is 1. The highest BCUT2D eigenvalue weighted by Gasteiger charge is 2.39. The lowest BCUT2D eigenvalue weighted by atomic mass is 10.0. The minimum Gasteiger partial charge on any atom is -0.497 e. The minimum absolute atomic E-state index is 0.0496. The van der Waals surface area contributed by atoms with Gasteiger partial charge in [0, 0.05) is 25.2 Å². The van der Waals surface area contributed by atoms with Gasteiger partial charge < -0.3 is 24.1 Å². The molecule has 1 amide bonds. The van der Waals surface area contributed by atoms with E-state index in [2.05, 4.69) is 11.9 Å². The minimum atomic E-state index is -0.281. The zero-order valence-corrected chi connectivity index (χ0v) is 19.4. The van der Waals surface area contributed by atoms with Crippen LogP contribution in [0.15, 0.2) is 48.5 Å². The van der Waals surface area contributed by atoms with Crippen LogP contribution in [0.3, 0.4) is 0 Å². The maximum Gasteiger partial charge on any atom is 0.249 e. The summed E-state index contributed by atoms with van der Waals surface area (Å²) < 4.78 is 24.6. The van der Waals surface area contributed by atoms with Crippen molar-refractivity contribution < 1.29 is 23.5 Å². The third-order valence-corrected chi connectivity index (χ3v) is 6.67. The summed E-state index contributed by atoms with van der Waals surface area (Å²) in [6.07, 6.45) is 4.59. The molecule has 0 N–H and O–H groups in total. The van der Waals surface area contributed by atoms with Gasteiger partial charge in [0.25, 0.3) is 0 Å². The molecule has 2 unspecified atom stereocenters. The third kappa shape index (κ3) is 6.62. The van der Waals surface area contributed by atoms with Gasteiger partial charge in [-0.25, -0.2) is 4.39 Å². The van der Waals surface area contributed by atoms with E-state index in [0.717, 1.165) is 29.7 Å². The first-order valence-corrected chi connectivity index (χ1v) is 11.3. The Morgan fingerprint density at radius 1 is 1.00 bits per heavy atom. The number of carbonyl (C=O) groups is 2. The molecule has 0 spiro atoms. The van der Waals surface area contributed by atoms with Gasteiger partial charge in [0.15, 0.2) is 0 Å². The van der Waals surface area contributed by atoms with Crippen molar-refractivity contribution in [2.24, 2.45) is 0 Å². The molecule has 6 nitrogen and oxygen atoms in total. The lowest BCUT2D eigenvalue weighted by Gasteiger charge is -2.36. The van der Waals surface area contributed by atoms with E-state index in [-0.39, 0.29) is 24.4 Å². The lowest BCUT2D eigenvalue weighted by Crippen LogP contribution is -2.44. The highest BCUT2D eigenvalue weighted by atomic mass is 19.1. The van der Waals surface area contributed by atoms with Crippen molar-refractivity contribution in [1.29, 1.82) is 0 Å². The van der Waals surface area contributed by atoms with E-state index in [9.17, 15) is 9.18 Å². The van der Waals surface area contributed by atoms with Gasteiger partial charge in [-0.05, 0) is 68.1 Å². The molecule has 0 radical (unpaired) electrons. The van der Waals surface area contributed by atoms with Gasteiger partial charge in [0.2, 0.25) is 5.91 Å². The van der Waals surface area contributed by atoms with E-state index < -0.39 is 0 Å². The van der Waals surface area contributed by atoms with Crippen molar-refractivity contribution in [3.63, 3.8) is 0 Å². The average molecular weight is 457 g/mol. The van der Waals surface area contributed by atoms with Crippen molar-refractivity contribution in [2.75, 3.05) is 20.8 Å². The van der Waals surface area contributed by atoms with Crippen molar-refractivity contribution in [2.45, 2.75) is 57.0 Å². The molecule has 2 bridgehead atoms. The number of carbonyl (C=O) groups excluding carboxylic acids is 2. The quantitative estimate of drug-likeness (QED) is 0.605. The van der Waals surface area contributed by atoms with Gasteiger partial charge in [-0.2, -0.15) is 0 Å².